The zero-order chi connectivity index (χ0) is 22.7. The number of benzene rings is 2. The molecular weight excluding hydrogens is 450 g/mol. The monoisotopic (exact) mass is 471 g/mol. The van der Waals surface area contributed by atoms with E-state index >= 15 is 0 Å². The van der Waals surface area contributed by atoms with Gasteiger partial charge in [-0.3, -0.25) is 9.00 Å². The maximum atomic E-state index is 13.2. The molecule has 0 saturated carbocycles. The fourth-order valence-electron chi connectivity index (χ4n) is 3.49. The van der Waals surface area contributed by atoms with E-state index in [-0.39, 0.29) is 29.4 Å². The van der Waals surface area contributed by atoms with Crippen LogP contribution in [0, 0.1) is 5.21 Å². The van der Waals surface area contributed by atoms with Crippen molar-refractivity contribution < 1.29 is 22.2 Å². The molecule has 10 heteroatoms. The Balaban J connectivity index is 1.53. The van der Waals surface area contributed by atoms with Crippen molar-refractivity contribution in [1.29, 1.82) is 0 Å². The van der Waals surface area contributed by atoms with Gasteiger partial charge in [0.25, 0.3) is 5.91 Å². The number of nitrogens with one attached hydrogen (secondary N) is 1. The Bertz CT molecular complexity index is 1250. The first-order valence-corrected chi connectivity index (χ1v) is 12.7. The van der Waals surface area contributed by atoms with Gasteiger partial charge in [0.2, 0.25) is 15.7 Å². The molecule has 2 aromatic carbocycles. The summed E-state index contributed by atoms with van der Waals surface area (Å²) < 4.78 is 40.5. The van der Waals surface area contributed by atoms with Crippen LogP contribution in [0.3, 0.4) is 0 Å². The average Bonchev–Trinajstić information content (AvgIpc) is 3.21. The maximum Gasteiger partial charge on any atom is 0.251 e. The molecule has 0 aliphatic carbocycles. The van der Waals surface area contributed by atoms with Crippen molar-refractivity contribution in [1.82, 2.24) is 9.62 Å². The molecule has 2 unspecified atom stereocenters. The molecule has 2 heterocycles. The van der Waals surface area contributed by atoms with Crippen molar-refractivity contribution in [2.45, 2.75) is 16.8 Å². The Morgan fingerprint density at radius 3 is 2.38 bits per heavy atom. The molecular formula is C22H21N3O5S2. The number of nitrogens with zero attached hydrogens (tertiary/aromatic N) is 2. The molecule has 32 heavy (non-hydrogen) atoms. The van der Waals surface area contributed by atoms with Crippen molar-refractivity contribution in [3.63, 3.8) is 0 Å². The minimum Gasteiger partial charge on any atom is -0.618 e. The standard InChI is InChI=1S/C22H21N3O5S2/c26-21(23-16-19-8-4-5-13-24(19)27)22-25(14-15-31(22)28)32(29,30)20-11-9-18(10-12-20)17-6-2-1-3-7-17/h1-13,22H,14-16H2,(H,23,26). The highest BCUT2D eigenvalue weighted by Gasteiger charge is 2.44. The van der Waals surface area contributed by atoms with Crippen LogP contribution in [0.1, 0.15) is 5.69 Å². The van der Waals surface area contributed by atoms with Crippen molar-refractivity contribution in [3.8, 4) is 11.1 Å². The highest BCUT2D eigenvalue weighted by molar-refractivity contribution is 7.92. The van der Waals surface area contributed by atoms with E-state index in [1.807, 2.05) is 30.3 Å². The second kappa shape index (κ2) is 9.19. The molecule has 1 aromatic heterocycles. The van der Waals surface area contributed by atoms with Crippen molar-refractivity contribution >= 4 is 26.7 Å². The molecule has 0 bridgehead atoms. The lowest BCUT2D eigenvalue weighted by Gasteiger charge is -2.22. The van der Waals surface area contributed by atoms with Crippen LogP contribution in [0.15, 0.2) is 83.9 Å². The number of amides is 1. The van der Waals surface area contributed by atoms with E-state index in [1.165, 1.54) is 18.3 Å². The Hall–Kier alpha value is -3.08. The second-order valence-electron chi connectivity index (χ2n) is 7.18. The zero-order valence-electron chi connectivity index (χ0n) is 17.0. The summed E-state index contributed by atoms with van der Waals surface area (Å²) in [5.41, 5.74) is 2.10. The molecule has 4 rings (SSSR count). The Kier molecular flexibility index (Phi) is 6.35. The summed E-state index contributed by atoms with van der Waals surface area (Å²) in [4.78, 5) is 12.8. The third-order valence-corrected chi connectivity index (χ3v) is 8.73. The van der Waals surface area contributed by atoms with Crippen molar-refractivity contribution in [2.24, 2.45) is 0 Å². The van der Waals surface area contributed by atoms with Gasteiger partial charge in [0.1, 0.15) is 6.54 Å². The predicted molar refractivity (Wildman–Crippen MR) is 120 cm³/mol. The second-order valence-corrected chi connectivity index (χ2v) is 10.7. The Labute approximate surface area is 188 Å². The van der Waals surface area contributed by atoms with E-state index in [2.05, 4.69) is 5.32 Å². The van der Waals surface area contributed by atoms with Crippen LogP contribution in [0.2, 0.25) is 0 Å². The lowest BCUT2D eigenvalue weighted by Crippen LogP contribution is -2.48. The fourth-order valence-corrected chi connectivity index (χ4v) is 6.95. The van der Waals surface area contributed by atoms with Crippen LogP contribution in [0.25, 0.3) is 11.1 Å². The number of carbonyl (C=O) groups is 1. The predicted octanol–water partition coefficient (Wildman–Crippen LogP) is 1.38. The maximum absolute atomic E-state index is 13.2. The summed E-state index contributed by atoms with van der Waals surface area (Å²) >= 11 is 0. The van der Waals surface area contributed by atoms with Gasteiger partial charge in [-0.15, -0.1) is 0 Å². The first-order valence-electron chi connectivity index (χ1n) is 9.87. The van der Waals surface area contributed by atoms with Gasteiger partial charge in [0.15, 0.2) is 11.6 Å². The normalized spacial score (nSPS) is 19.0. The average molecular weight is 472 g/mol. The Morgan fingerprint density at radius 2 is 1.69 bits per heavy atom. The van der Waals surface area contributed by atoms with E-state index in [4.69, 9.17) is 0 Å². The third kappa shape index (κ3) is 4.43. The number of rotatable bonds is 6. The number of hydrogen-bond acceptors (Lipinski definition) is 5. The molecule has 1 amide bonds. The lowest BCUT2D eigenvalue weighted by molar-refractivity contribution is -0.614. The van der Waals surface area contributed by atoms with Gasteiger partial charge in [-0.1, -0.05) is 42.5 Å². The summed E-state index contributed by atoms with van der Waals surface area (Å²) in [6.07, 6.45) is 1.30. The van der Waals surface area contributed by atoms with Crippen LogP contribution in [0.4, 0.5) is 0 Å². The number of carbonyl (C=O) groups excluding carboxylic acids is 1. The van der Waals surface area contributed by atoms with Gasteiger partial charge in [0.05, 0.1) is 15.7 Å². The number of sulfonamides is 1. The molecule has 1 aliphatic heterocycles. The van der Waals surface area contributed by atoms with Crippen LogP contribution in [-0.2, 0) is 32.2 Å². The van der Waals surface area contributed by atoms with Gasteiger partial charge in [-0.25, -0.2) is 8.42 Å². The lowest BCUT2D eigenvalue weighted by atomic mass is 10.1. The van der Waals surface area contributed by atoms with Crippen LogP contribution >= 0.6 is 0 Å². The fraction of sp³-hybridized carbons (Fsp3) is 0.182. The van der Waals surface area contributed by atoms with Crippen LogP contribution < -0.4 is 10.0 Å². The van der Waals surface area contributed by atoms with Gasteiger partial charge >= 0.3 is 0 Å². The third-order valence-electron chi connectivity index (χ3n) is 5.16. The van der Waals surface area contributed by atoms with Crippen LogP contribution in [0.5, 0.6) is 0 Å². The highest BCUT2D eigenvalue weighted by Crippen LogP contribution is 2.27. The summed E-state index contributed by atoms with van der Waals surface area (Å²) in [6.45, 7) is -0.128. The van der Waals surface area contributed by atoms with Gasteiger partial charge < -0.3 is 10.5 Å². The first kappa shape index (κ1) is 22.1. The molecule has 8 nitrogen and oxygen atoms in total. The van der Waals surface area contributed by atoms with E-state index < -0.39 is 32.1 Å². The smallest absolute Gasteiger partial charge is 0.251 e. The minimum atomic E-state index is -4.04. The largest absolute Gasteiger partial charge is 0.618 e. The molecule has 1 saturated heterocycles. The van der Waals surface area contributed by atoms with Crippen LogP contribution in [-0.4, -0.2) is 40.5 Å². The highest BCUT2D eigenvalue weighted by atomic mass is 32.2. The molecule has 166 valence electrons. The molecule has 1 aliphatic rings. The van der Waals surface area contributed by atoms with Crippen molar-refractivity contribution in [2.75, 3.05) is 12.3 Å². The summed E-state index contributed by atoms with van der Waals surface area (Å²) in [5.74, 6) is -0.638. The number of aromatic nitrogens is 1. The molecule has 0 spiro atoms. The van der Waals surface area contributed by atoms with Gasteiger partial charge in [0, 0.05) is 24.4 Å². The quantitative estimate of drug-likeness (QED) is 0.431. The molecule has 2 atom stereocenters. The van der Waals surface area contributed by atoms with Crippen molar-refractivity contribution in [3.05, 3.63) is 89.9 Å². The SMILES string of the molecule is O=C(NCc1cccc[n+]1[O-])C1N(S(=O)(=O)c2ccc(-c3ccccc3)cc2)CCS1=O. The Morgan fingerprint density at radius 1 is 1.03 bits per heavy atom. The van der Waals surface area contributed by atoms with E-state index in [0.717, 1.165) is 15.4 Å². The van der Waals surface area contributed by atoms with Gasteiger partial charge in [-0.2, -0.15) is 9.04 Å². The molecule has 1 N–H and O–H groups in total. The summed E-state index contributed by atoms with van der Waals surface area (Å²) in [7, 11) is -5.73. The zero-order valence-corrected chi connectivity index (χ0v) is 18.6. The topological polar surface area (TPSA) is 110 Å². The summed E-state index contributed by atoms with van der Waals surface area (Å²) in [5, 5.41) is 12.9. The molecule has 1 fully saturated rings. The van der Waals surface area contributed by atoms with E-state index in [9.17, 15) is 22.6 Å². The first-order chi connectivity index (χ1) is 15.4. The molecule has 0 radical (unpaired) electrons. The molecule has 3 aromatic rings. The minimum absolute atomic E-state index is 0.0225. The number of hydrogen-bond donors (Lipinski definition) is 1. The van der Waals surface area contributed by atoms with E-state index in [1.54, 1.807) is 30.3 Å². The van der Waals surface area contributed by atoms with E-state index in [0.29, 0.717) is 4.73 Å². The number of pyridine rings is 1. The van der Waals surface area contributed by atoms with Gasteiger partial charge in [-0.05, 0) is 29.3 Å². The summed E-state index contributed by atoms with van der Waals surface area (Å²) in [6, 6.07) is 20.7.